The van der Waals surface area contributed by atoms with E-state index in [2.05, 4.69) is 27.0 Å². The number of hydrogen-bond acceptors (Lipinski definition) is 5. The molecule has 92 valence electrons. The molecule has 0 spiro atoms. The van der Waals surface area contributed by atoms with Crippen molar-refractivity contribution in [2.75, 3.05) is 24.3 Å². The summed E-state index contributed by atoms with van der Waals surface area (Å²) < 4.78 is 5.13. The minimum atomic E-state index is 0.421. The van der Waals surface area contributed by atoms with Gasteiger partial charge < -0.3 is 15.4 Å². The highest BCUT2D eigenvalue weighted by atomic mass is 16.5. The Morgan fingerprint density at radius 3 is 2.94 bits per heavy atom. The smallest absolute Gasteiger partial charge is 0.242 e. The molecular formula is C13H14N4O. The monoisotopic (exact) mass is 242 g/mol. The van der Waals surface area contributed by atoms with Crippen molar-refractivity contribution in [1.82, 2.24) is 9.97 Å². The molecule has 1 aliphatic rings. The largest absolute Gasteiger partial charge is 0.479 e. The number of nitrogen functional groups attached to an aromatic ring is 1. The van der Waals surface area contributed by atoms with Gasteiger partial charge in [-0.05, 0) is 18.1 Å². The van der Waals surface area contributed by atoms with Crippen LogP contribution in [0.3, 0.4) is 0 Å². The number of rotatable bonds is 2. The number of nitrogens with zero attached hydrogens (tertiary/aromatic N) is 3. The molecule has 0 saturated carbocycles. The molecule has 5 nitrogen and oxygen atoms in total. The van der Waals surface area contributed by atoms with E-state index in [4.69, 9.17) is 10.5 Å². The Kier molecular flexibility index (Phi) is 2.51. The molecule has 2 N–H and O–H groups in total. The van der Waals surface area contributed by atoms with Crippen molar-refractivity contribution < 1.29 is 4.74 Å². The van der Waals surface area contributed by atoms with Crippen molar-refractivity contribution in [2.24, 2.45) is 0 Å². The number of benzene rings is 1. The van der Waals surface area contributed by atoms with Crippen LogP contribution >= 0.6 is 0 Å². The van der Waals surface area contributed by atoms with Crippen LogP contribution in [0.1, 0.15) is 5.56 Å². The standard InChI is InChI=1S/C13H14N4O/c1-18-13-11(14)12(15-8-16-13)17-7-6-9-4-2-3-5-10(9)17/h2-5,8H,6-7,14H2,1H3. The number of fused-ring (bicyclic) bond motifs is 1. The van der Waals surface area contributed by atoms with Crippen LogP contribution in [-0.4, -0.2) is 23.6 Å². The molecule has 18 heavy (non-hydrogen) atoms. The van der Waals surface area contributed by atoms with E-state index in [0.717, 1.165) is 18.7 Å². The summed E-state index contributed by atoms with van der Waals surface area (Å²) in [5, 5.41) is 0. The van der Waals surface area contributed by atoms with Gasteiger partial charge in [0.05, 0.1) is 7.11 Å². The van der Waals surface area contributed by atoms with E-state index in [9.17, 15) is 0 Å². The number of nitrogens with two attached hydrogens (primary N) is 1. The van der Waals surface area contributed by atoms with Gasteiger partial charge in [0, 0.05) is 12.2 Å². The predicted molar refractivity (Wildman–Crippen MR) is 70.1 cm³/mol. The zero-order valence-electron chi connectivity index (χ0n) is 10.1. The Labute approximate surface area is 105 Å². The quantitative estimate of drug-likeness (QED) is 0.869. The van der Waals surface area contributed by atoms with Gasteiger partial charge in [0.25, 0.3) is 0 Å². The summed E-state index contributed by atoms with van der Waals surface area (Å²) in [5.74, 6) is 1.14. The second-order valence-corrected chi connectivity index (χ2v) is 4.15. The highest BCUT2D eigenvalue weighted by molar-refractivity contribution is 5.77. The maximum Gasteiger partial charge on any atom is 0.242 e. The molecule has 1 aliphatic heterocycles. The molecule has 2 heterocycles. The summed E-state index contributed by atoms with van der Waals surface area (Å²) in [6.07, 6.45) is 2.48. The van der Waals surface area contributed by atoms with E-state index in [0.29, 0.717) is 17.4 Å². The molecule has 5 heteroatoms. The van der Waals surface area contributed by atoms with Crippen LogP contribution in [0.2, 0.25) is 0 Å². The summed E-state index contributed by atoms with van der Waals surface area (Å²) in [7, 11) is 1.56. The fourth-order valence-corrected chi connectivity index (χ4v) is 2.31. The van der Waals surface area contributed by atoms with Crippen molar-refractivity contribution >= 4 is 17.2 Å². The van der Waals surface area contributed by atoms with E-state index < -0.39 is 0 Å². The first-order chi connectivity index (χ1) is 8.81. The van der Waals surface area contributed by atoms with Gasteiger partial charge in [0.15, 0.2) is 5.82 Å². The summed E-state index contributed by atoms with van der Waals surface area (Å²) >= 11 is 0. The lowest BCUT2D eigenvalue weighted by atomic mass is 10.2. The summed E-state index contributed by atoms with van der Waals surface area (Å²) in [4.78, 5) is 10.4. The lowest BCUT2D eigenvalue weighted by Crippen LogP contribution is -2.17. The van der Waals surface area contributed by atoms with Crippen LogP contribution in [0.4, 0.5) is 17.2 Å². The van der Waals surface area contributed by atoms with E-state index in [1.54, 1.807) is 7.11 Å². The Morgan fingerprint density at radius 1 is 1.28 bits per heavy atom. The Morgan fingerprint density at radius 2 is 2.11 bits per heavy atom. The Hall–Kier alpha value is -2.30. The molecule has 0 aliphatic carbocycles. The lowest BCUT2D eigenvalue weighted by molar-refractivity contribution is 0.399. The molecule has 1 aromatic heterocycles. The summed E-state index contributed by atoms with van der Waals surface area (Å²) in [6, 6.07) is 8.28. The fourth-order valence-electron chi connectivity index (χ4n) is 2.31. The van der Waals surface area contributed by atoms with Crippen LogP contribution in [0.25, 0.3) is 0 Å². The highest BCUT2D eigenvalue weighted by Crippen LogP contribution is 2.37. The number of hydrogen-bond donors (Lipinski definition) is 1. The van der Waals surface area contributed by atoms with Gasteiger partial charge in [0.1, 0.15) is 12.0 Å². The normalized spacial score (nSPS) is 13.5. The summed E-state index contributed by atoms with van der Waals surface area (Å²) in [5.41, 5.74) is 8.99. The average Bonchev–Trinajstić information content (AvgIpc) is 2.83. The minimum absolute atomic E-state index is 0.421. The predicted octanol–water partition coefficient (Wildman–Crippen LogP) is 1.76. The van der Waals surface area contributed by atoms with Gasteiger partial charge in [-0.15, -0.1) is 0 Å². The average molecular weight is 242 g/mol. The number of anilines is 3. The van der Waals surface area contributed by atoms with Crippen molar-refractivity contribution in [2.45, 2.75) is 6.42 Å². The van der Waals surface area contributed by atoms with Crippen LogP contribution in [0.5, 0.6) is 5.88 Å². The van der Waals surface area contributed by atoms with Crippen LogP contribution in [0, 0.1) is 0 Å². The number of ether oxygens (including phenoxy) is 1. The third kappa shape index (κ3) is 1.55. The first-order valence-electron chi connectivity index (χ1n) is 5.81. The van der Waals surface area contributed by atoms with Crippen molar-refractivity contribution in [3.63, 3.8) is 0 Å². The maximum absolute atomic E-state index is 6.04. The first-order valence-corrected chi connectivity index (χ1v) is 5.81. The minimum Gasteiger partial charge on any atom is -0.479 e. The van der Waals surface area contributed by atoms with E-state index >= 15 is 0 Å². The molecule has 0 fully saturated rings. The fraction of sp³-hybridized carbons (Fsp3) is 0.231. The Bertz CT molecular complexity index is 585. The third-order valence-corrected chi connectivity index (χ3v) is 3.16. The molecule has 1 aromatic carbocycles. The van der Waals surface area contributed by atoms with E-state index in [1.807, 2.05) is 12.1 Å². The molecule has 2 aromatic rings. The van der Waals surface area contributed by atoms with Gasteiger partial charge in [-0.1, -0.05) is 18.2 Å². The SMILES string of the molecule is COc1ncnc(N2CCc3ccccc32)c1N. The molecule has 0 bridgehead atoms. The maximum atomic E-state index is 6.04. The molecule has 0 unspecified atom stereocenters. The van der Waals surface area contributed by atoms with Crippen LogP contribution < -0.4 is 15.4 Å². The van der Waals surface area contributed by atoms with Crippen molar-refractivity contribution in [3.05, 3.63) is 36.2 Å². The van der Waals surface area contributed by atoms with E-state index in [-0.39, 0.29) is 0 Å². The van der Waals surface area contributed by atoms with Gasteiger partial charge in [0.2, 0.25) is 5.88 Å². The number of methoxy groups -OCH3 is 1. The lowest BCUT2D eigenvalue weighted by Gasteiger charge is -2.20. The second kappa shape index (κ2) is 4.18. The van der Waals surface area contributed by atoms with Gasteiger partial charge in [-0.2, -0.15) is 4.98 Å². The Balaban J connectivity index is 2.08. The molecule has 0 atom stereocenters. The van der Waals surface area contributed by atoms with Crippen molar-refractivity contribution in [3.8, 4) is 5.88 Å². The molecular weight excluding hydrogens is 228 g/mol. The topological polar surface area (TPSA) is 64.3 Å². The highest BCUT2D eigenvalue weighted by Gasteiger charge is 2.23. The second-order valence-electron chi connectivity index (χ2n) is 4.15. The van der Waals surface area contributed by atoms with E-state index in [1.165, 1.54) is 11.9 Å². The third-order valence-electron chi connectivity index (χ3n) is 3.16. The van der Waals surface area contributed by atoms with Gasteiger partial charge in [-0.25, -0.2) is 4.98 Å². The van der Waals surface area contributed by atoms with Crippen LogP contribution in [-0.2, 0) is 6.42 Å². The molecule has 0 amide bonds. The summed E-state index contributed by atoms with van der Waals surface area (Å²) in [6.45, 7) is 0.879. The first kappa shape index (κ1) is 10.8. The van der Waals surface area contributed by atoms with Gasteiger partial charge in [-0.3, -0.25) is 0 Å². The van der Waals surface area contributed by atoms with Gasteiger partial charge >= 0.3 is 0 Å². The number of para-hydroxylation sites is 1. The molecule has 0 radical (unpaired) electrons. The molecule has 0 saturated heterocycles. The van der Waals surface area contributed by atoms with Crippen molar-refractivity contribution in [1.29, 1.82) is 0 Å². The zero-order chi connectivity index (χ0) is 12.5. The molecule has 3 rings (SSSR count). The van der Waals surface area contributed by atoms with Crippen LogP contribution in [0.15, 0.2) is 30.6 Å². The number of aromatic nitrogens is 2. The zero-order valence-corrected chi connectivity index (χ0v) is 10.1.